The lowest BCUT2D eigenvalue weighted by molar-refractivity contribution is 0.0983. The Morgan fingerprint density at radius 2 is 2.00 bits per heavy atom. The number of benzene rings is 1. The molecule has 5 nitrogen and oxygen atoms in total. The minimum atomic E-state index is -0.284. The number of aromatic nitrogens is 1. The summed E-state index contributed by atoms with van der Waals surface area (Å²) in [6.45, 7) is 6.66. The molecule has 1 heterocycles. The third-order valence-electron chi connectivity index (χ3n) is 3.41. The molecular weight excluding hydrogens is 278 g/mol. The van der Waals surface area contributed by atoms with Crippen molar-refractivity contribution in [3.63, 3.8) is 0 Å². The summed E-state index contributed by atoms with van der Waals surface area (Å²) in [5.41, 5.74) is 7.18. The van der Waals surface area contributed by atoms with Crippen LogP contribution in [0.3, 0.4) is 0 Å². The zero-order valence-electron chi connectivity index (χ0n) is 13.3. The van der Waals surface area contributed by atoms with Crippen molar-refractivity contribution >= 4 is 11.6 Å². The molecule has 22 heavy (non-hydrogen) atoms. The molecule has 0 aliphatic heterocycles. The Morgan fingerprint density at radius 3 is 2.59 bits per heavy atom. The van der Waals surface area contributed by atoms with Crippen molar-refractivity contribution in [2.24, 2.45) is 11.7 Å². The number of rotatable bonds is 6. The van der Waals surface area contributed by atoms with Gasteiger partial charge in [-0.3, -0.25) is 4.79 Å². The Bertz CT molecular complexity index is 607. The van der Waals surface area contributed by atoms with Crippen molar-refractivity contribution in [2.75, 3.05) is 11.4 Å². The molecule has 2 rings (SSSR count). The summed E-state index contributed by atoms with van der Waals surface area (Å²) in [4.78, 5) is 18.5. The zero-order valence-corrected chi connectivity index (χ0v) is 13.3. The highest BCUT2D eigenvalue weighted by atomic mass is 16.3. The molecule has 0 aliphatic rings. The molecule has 0 bridgehead atoms. The molecule has 2 N–H and O–H groups in total. The first-order valence-electron chi connectivity index (χ1n) is 7.60. The molecule has 118 valence electrons. The van der Waals surface area contributed by atoms with E-state index in [2.05, 4.69) is 18.8 Å². The highest BCUT2D eigenvalue weighted by Crippen LogP contribution is 2.20. The van der Waals surface area contributed by atoms with Gasteiger partial charge in [0.1, 0.15) is 6.26 Å². The maximum absolute atomic E-state index is 12.6. The number of oxazole rings is 1. The minimum absolute atomic E-state index is 0.180. The fourth-order valence-corrected chi connectivity index (χ4v) is 2.35. The Morgan fingerprint density at radius 1 is 1.32 bits per heavy atom. The van der Waals surface area contributed by atoms with Crippen molar-refractivity contribution in [3.05, 3.63) is 48.2 Å². The third-order valence-corrected chi connectivity index (χ3v) is 3.41. The first-order chi connectivity index (χ1) is 10.5. The highest BCUT2D eigenvalue weighted by molar-refractivity contribution is 6.04. The normalized spacial score (nSPS) is 12.4. The number of anilines is 1. The first-order valence-corrected chi connectivity index (χ1v) is 7.60. The van der Waals surface area contributed by atoms with Crippen molar-refractivity contribution in [1.29, 1.82) is 0 Å². The van der Waals surface area contributed by atoms with Gasteiger partial charge in [0.25, 0.3) is 5.91 Å². The Hall–Kier alpha value is -2.14. The Kier molecular flexibility index (Phi) is 5.33. The van der Waals surface area contributed by atoms with E-state index >= 15 is 0 Å². The average molecular weight is 301 g/mol. The van der Waals surface area contributed by atoms with E-state index in [1.54, 1.807) is 4.90 Å². The molecule has 0 saturated heterocycles. The zero-order chi connectivity index (χ0) is 16.1. The van der Waals surface area contributed by atoms with Crippen molar-refractivity contribution in [2.45, 2.75) is 33.2 Å². The molecule has 0 fully saturated rings. The lowest BCUT2D eigenvalue weighted by atomic mass is 10.0. The third kappa shape index (κ3) is 3.74. The molecule has 1 aromatic carbocycles. The van der Waals surface area contributed by atoms with E-state index in [4.69, 9.17) is 10.2 Å². The van der Waals surface area contributed by atoms with Gasteiger partial charge < -0.3 is 15.1 Å². The number of hydrogen-bond donors (Lipinski definition) is 1. The summed E-state index contributed by atoms with van der Waals surface area (Å²) < 4.78 is 5.40. The first kappa shape index (κ1) is 16.2. The van der Waals surface area contributed by atoms with E-state index in [1.807, 2.05) is 37.3 Å². The van der Waals surface area contributed by atoms with Crippen LogP contribution in [0.1, 0.15) is 49.6 Å². The molecule has 1 aromatic heterocycles. The quantitative estimate of drug-likeness (QED) is 0.887. The molecule has 0 aliphatic carbocycles. The van der Waals surface area contributed by atoms with Crippen LogP contribution in [-0.4, -0.2) is 17.4 Å². The monoisotopic (exact) mass is 301 g/mol. The Balaban J connectivity index is 2.17. The van der Waals surface area contributed by atoms with Crippen molar-refractivity contribution in [3.8, 4) is 0 Å². The molecular formula is C17H23N3O2. The highest BCUT2D eigenvalue weighted by Gasteiger charge is 2.22. The van der Waals surface area contributed by atoms with Crippen LogP contribution in [0.2, 0.25) is 0 Å². The number of carbonyl (C=O) groups excluding carboxylic acids is 1. The maximum Gasteiger partial charge on any atom is 0.280 e. The van der Waals surface area contributed by atoms with Gasteiger partial charge in [0.15, 0.2) is 5.69 Å². The summed E-state index contributed by atoms with van der Waals surface area (Å²) in [7, 11) is 0. The van der Waals surface area contributed by atoms with Crippen molar-refractivity contribution in [1.82, 2.24) is 4.98 Å². The fourth-order valence-electron chi connectivity index (χ4n) is 2.35. The van der Waals surface area contributed by atoms with Crippen LogP contribution in [0.5, 0.6) is 0 Å². The van der Waals surface area contributed by atoms with Crippen LogP contribution in [0, 0.1) is 5.92 Å². The van der Waals surface area contributed by atoms with Crippen LogP contribution < -0.4 is 10.6 Å². The van der Waals surface area contributed by atoms with E-state index in [9.17, 15) is 4.79 Å². The van der Waals surface area contributed by atoms with E-state index < -0.39 is 0 Å². The Labute approximate surface area is 131 Å². The largest absolute Gasteiger partial charge is 0.446 e. The lowest BCUT2D eigenvalue weighted by Crippen LogP contribution is -2.30. The SMILES string of the molecule is CCN(C(=O)c1coc(C(N)CC(C)C)n1)c1ccccc1. The van der Waals surface area contributed by atoms with Gasteiger partial charge in [0.05, 0.1) is 6.04 Å². The lowest BCUT2D eigenvalue weighted by Gasteiger charge is -2.19. The second-order valence-electron chi connectivity index (χ2n) is 5.69. The number of hydrogen-bond acceptors (Lipinski definition) is 4. The number of nitrogens with two attached hydrogens (primary N) is 1. The molecule has 0 radical (unpaired) electrons. The second kappa shape index (κ2) is 7.22. The molecule has 2 aromatic rings. The van der Waals surface area contributed by atoms with E-state index in [-0.39, 0.29) is 11.9 Å². The van der Waals surface area contributed by atoms with Crippen LogP contribution in [0.25, 0.3) is 0 Å². The van der Waals surface area contributed by atoms with Gasteiger partial charge in [-0.05, 0) is 31.4 Å². The molecule has 1 atom stereocenters. The van der Waals surface area contributed by atoms with Crippen LogP contribution in [0.4, 0.5) is 5.69 Å². The minimum Gasteiger partial charge on any atom is -0.446 e. The van der Waals surface area contributed by atoms with Gasteiger partial charge in [0.2, 0.25) is 5.89 Å². The summed E-state index contributed by atoms with van der Waals surface area (Å²) >= 11 is 0. The second-order valence-corrected chi connectivity index (χ2v) is 5.69. The van der Waals surface area contributed by atoms with Gasteiger partial charge in [-0.1, -0.05) is 32.0 Å². The summed E-state index contributed by atoms with van der Waals surface area (Å²) in [5, 5.41) is 0. The fraction of sp³-hybridized carbons (Fsp3) is 0.412. The smallest absolute Gasteiger partial charge is 0.280 e. The number of nitrogens with zero attached hydrogens (tertiary/aromatic N) is 2. The van der Waals surface area contributed by atoms with Gasteiger partial charge in [-0.15, -0.1) is 0 Å². The topological polar surface area (TPSA) is 72.4 Å². The molecule has 1 amide bonds. The van der Waals surface area contributed by atoms with Crippen LogP contribution in [0.15, 0.2) is 41.0 Å². The van der Waals surface area contributed by atoms with Gasteiger partial charge in [-0.2, -0.15) is 0 Å². The molecule has 0 spiro atoms. The van der Waals surface area contributed by atoms with Crippen LogP contribution in [-0.2, 0) is 0 Å². The van der Waals surface area contributed by atoms with E-state index in [1.165, 1.54) is 6.26 Å². The van der Waals surface area contributed by atoms with Gasteiger partial charge in [-0.25, -0.2) is 4.98 Å². The van der Waals surface area contributed by atoms with E-state index in [0.29, 0.717) is 24.0 Å². The van der Waals surface area contributed by atoms with Crippen molar-refractivity contribution < 1.29 is 9.21 Å². The predicted molar refractivity (Wildman–Crippen MR) is 86.7 cm³/mol. The average Bonchev–Trinajstić information content (AvgIpc) is 2.98. The summed E-state index contributed by atoms with van der Waals surface area (Å²) in [6.07, 6.45) is 2.16. The van der Waals surface area contributed by atoms with E-state index in [0.717, 1.165) is 12.1 Å². The predicted octanol–water partition coefficient (Wildman–Crippen LogP) is 3.39. The number of para-hydroxylation sites is 1. The summed E-state index contributed by atoms with van der Waals surface area (Å²) in [5.74, 6) is 0.680. The number of carbonyl (C=O) groups is 1. The van der Waals surface area contributed by atoms with Gasteiger partial charge in [0, 0.05) is 12.2 Å². The number of amides is 1. The molecule has 5 heteroatoms. The maximum atomic E-state index is 12.6. The molecule has 0 saturated carbocycles. The standard InChI is InChI=1S/C17H23N3O2/c1-4-20(13-8-6-5-7-9-13)17(21)15-11-22-16(19-15)14(18)10-12(2)3/h5-9,11-12,14H,4,10,18H2,1-3H3. The summed E-state index contributed by atoms with van der Waals surface area (Å²) in [6, 6.07) is 9.23. The van der Waals surface area contributed by atoms with Crippen LogP contribution >= 0.6 is 0 Å². The molecule has 1 unspecified atom stereocenters. The van der Waals surface area contributed by atoms with Gasteiger partial charge >= 0.3 is 0 Å².